The Hall–Kier alpha value is -7.33. The number of hydrogen-bond donors (Lipinski definition) is 0. The van der Waals surface area contributed by atoms with Crippen LogP contribution in [0.4, 0.5) is 8.78 Å². The van der Waals surface area contributed by atoms with Crippen molar-refractivity contribution in [2.24, 2.45) is 7.05 Å². The molecule has 6 aromatic heterocycles. The van der Waals surface area contributed by atoms with Gasteiger partial charge >= 0.3 is 11.4 Å². The third-order valence-electron chi connectivity index (χ3n) is 8.83. The number of fused-ring (bicyclic) bond motifs is 2. The second-order valence-electron chi connectivity index (χ2n) is 13.1. The summed E-state index contributed by atoms with van der Waals surface area (Å²) in [5.41, 5.74) is 0.488. The zero-order valence-corrected chi connectivity index (χ0v) is 33.1. The van der Waals surface area contributed by atoms with Crippen molar-refractivity contribution in [3.63, 3.8) is 0 Å². The van der Waals surface area contributed by atoms with Crippen molar-refractivity contribution >= 4 is 44.3 Å². The predicted octanol–water partition coefficient (Wildman–Crippen LogP) is 6.10. The van der Waals surface area contributed by atoms with Crippen LogP contribution in [-0.4, -0.2) is 38.2 Å². The molecule has 0 aliphatic heterocycles. The fourth-order valence-electron chi connectivity index (χ4n) is 6.14. The van der Waals surface area contributed by atoms with Crippen LogP contribution in [0.2, 0.25) is 5.02 Å². The number of aromatic nitrogens is 8. The maximum atomic E-state index is 14.8. The van der Waals surface area contributed by atoms with Crippen molar-refractivity contribution in [3.05, 3.63) is 183 Å². The first-order valence-corrected chi connectivity index (χ1v) is 18.9. The van der Waals surface area contributed by atoms with Gasteiger partial charge in [-0.1, -0.05) is 35.3 Å². The molecular formula is C43H29ClF2N8O4S. The number of rotatable bonds is 3. The largest absolute Gasteiger partial charge is 0.337 e. The molecule has 59 heavy (non-hydrogen) atoms. The lowest BCUT2D eigenvalue weighted by atomic mass is 10.1. The topological polar surface area (TPSA) is 140 Å². The Balaban J connectivity index is 0.000000179. The van der Waals surface area contributed by atoms with Gasteiger partial charge in [0, 0.05) is 72.5 Å². The van der Waals surface area contributed by atoms with Crippen LogP contribution < -0.4 is 22.5 Å². The molecule has 0 unspecified atom stereocenters. The molecule has 0 bridgehead atoms. The number of pyridine rings is 2. The molecule has 8 aromatic rings. The molecule has 16 heteroatoms. The summed E-state index contributed by atoms with van der Waals surface area (Å²) in [4.78, 5) is 68.0. The monoisotopic (exact) mass is 826 g/mol. The Morgan fingerprint density at radius 3 is 1.93 bits per heavy atom. The Morgan fingerprint density at radius 1 is 0.729 bits per heavy atom. The predicted molar refractivity (Wildman–Crippen MR) is 223 cm³/mol. The van der Waals surface area contributed by atoms with Gasteiger partial charge in [-0.15, -0.1) is 11.3 Å². The van der Waals surface area contributed by atoms with Crippen molar-refractivity contribution in [3.8, 4) is 35.1 Å². The second kappa shape index (κ2) is 16.6. The highest BCUT2D eigenvalue weighted by Gasteiger charge is 2.22. The van der Waals surface area contributed by atoms with Crippen molar-refractivity contribution < 1.29 is 8.78 Å². The van der Waals surface area contributed by atoms with E-state index in [1.165, 1.54) is 34.8 Å². The Kier molecular flexibility index (Phi) is 11.3. The lowest BCUT2D eigenvalue weighted by Gasteiger charge is -2.16. The van der Waals surface area contributed by atoms with Gasteiger partial charge in [-0.3, -0.25) is 28.7 Å². The van der Waals surface area contributed by atoms with Gasteiger partial charge in [0.05, 0.1) is 16.2 Å². The molecule has 2 aromatic carbocycles. The third-order valence-corrected chi connectivity index (χ3v) is 10.2. The minimum Gasteiger partial charge on any atom is -0.295 e. The fraction of sp³-hybridized carbons (Fsp3) is 0.116. The molecule has 0 spiro atoms. The van der Waals surface area contributed by atoms with Gasteiger partial charge in [0.2, 0.25) is 0 Å². The summed E-state index contributed by atoms with van der Waals surface area (Å²) in [5.74, 6) is 9.31. The Bertz CT molecular complexity index is 3300. The lowest BCUT2D eigenvalue weighted by molar-refractivity contribution is 0.559. The van der Waals surface area contributed by atoms with Gasteiger partial charge in [-0.25, -0.2) is 37.5 Å². The van der Waals surface area contributed by atoms with E-state index in [9.17, 15) is 28.0 Å². The summed E-state index contributed by atoms with van der Waals surface area (Å²) in [6.45, 7) is 5.44. The van der Waals surface area contributed by atoms with Crippen molar-refractivity contribution in [1.29, 1.82) is 0 Å². The highest BCUT2D eigenvalue weighted by atomic mass is 35.5. The van der Waals surface area contributed by atoms with Gasteiger partial charge in [0.1, 0.15) is 10.4 Å². The van der Waals surface area contributed by atoms with Gasteiger partial charge in [0.15, 0.2) is 22.8 Å². The molecule has 8 rings (SSSR count). The summed E-state index contributed by atoms with van der Waals surface area (Å²) in [7, 11) is 1.46. The van der Waals surface area contributed by atoms with Crippen LogP contribution in [0.25, 0.3) is 32.8 Å². The van der Waals surface area contributed by atoms with E-state index in [0.717, 1.165) is 39.2 Å². The van der Waals surface area contributed by atoms with E-state index in [1.54, 1.807) is 67.3 Å². The molecular weight excluding hydrogens is 798 g/mol. The second-order valence-corrected chi connectivity index (χ2v) is 14.4. The number of nitrogens with zero attached hydrogens (tertiary/aromatic N) is 8. The summed E-state index contributed by atoms with van der Waals surface area (Å²) < 4.78 is 34.0. The molecule has 0 aliphatic rings. The van der Waals surface area contributed by atoms with E-state index >= 15 is 0 Å². The molecule has 0 saturated heterocycles. The van der Waals surface area contributed by atoms with E-state index < -0.39 is 39.8 Å². The Labute approximate surface area is 342 Å². The summed E-state index contributed by atoms with van der Waals surface area (Å²) >= 11 is 7.58. The van der Waals surface area contributed by atoms with E-state index in [1.807, 2.05) is 19.9 Å². The van der Waals surface area contributed by atoms with Crippen LogP contribution in [0, 0.1) is 42.2 Å². The quantitative estimate of drug-likeness (QED) is 0.195. The third kappa shape index (κ3) is 7.85. The number of benzene rings is 2. The number of thiophene rings is 1. The van der Waals surface area contributed by atoms with Gasteiger partial charge in [-0.05, 0) is 86.3 Å². The normalized spacial score (nSPS) is 10.8. The molecule has 0 aliphatic carbocycles. The first kappa shape index (κ1) is 39.9. The van der Waals surface area contributed by atoms with Crippen LogP contribution in [0.15, 0.2) is 116 Å². The molecule has 0 amide bonds. The summed E-state index contributed by atoms with van der Waals surface area (Å²) in [6, 6.07) is 13.7. The molecule has 0 N–H and O–H groups in total. The van der Waals surface area contributed by atoms with Crippen molar-refractivity contribution in [2.75, 3.05) is 0 Å². The minimum absolute atomic E-state index is 0.0746. The van der Waals surface area contributed by atoms with Crippen LogP contribution >= 0.6 is 22.9 Å². The van der Waals surface area contributed by atoms with E-state index in [4.69, 9.17) is 11.6 Å². The molecule has 0 atom stereocenters. The van der Waals surface area contributed by atoms with E-state index in [2.05, 4.69) is 43.6 Å². The van der Waals surface area contributed by atoms with Crippen LogP contribution in [0.5, 0.6) is 0 Å². The maximum Gasteiger partial charge on any atom is 0.337 e. The molecule has 0 radical (unpaired) electrons. The average Bonchev–Trinajstić information content (AvgIpc) is 3.62. The molecule has 6 heterocycles. The highest BCUT2D eigenvalue weighted by molar-refractivity contribution is 7.17. The number of halogens is 3. The molecule has 292 valence electrons. The van der Waals surface area contributed by atoms with Gasteiger partial charge < -0.3 is 0 Å². The fourth-order valence-corrected chi connectivity index (χ4v) is 7.42. The molecule has 12 nitrogen and oxygen atoms in total. The highest BCUT2D eigenvalue weighted by Crippen LogP contribution is 2.24. The standard InChI is InChI=1S/C22H16ClN5O2.C21H13F2N3O2S/c1-14(2)27-20-19(25-10-11-26-20)21(29)28(22(27)30)18-8-7-15(12-17(18)23)5-6-16-4-3-9-24-13-16;1-12-11-29-19-17(12)25(2)21(28)26(20(19)27)18-15(22)8-14(9-16(18)23)6-5-13-4-3-7-24-10-13/h3-4,7-14H,1-2H3;3-4,7-11H,1-2H3. The average molecular weight is 827 g/mol. The maximum absolute atomic E-state index is 14.8. The van der Waals surface area contributed by atoms with Gasteiger partial charge in [-0.2, -0.15) is 0 Å². The first-order chi connectivity index (χ1) is 28.3. The minimum atomic E-state index is -1.05. The van der Waals surface area contributed by atoms with E-state index in [0.29, 0.717) is 21.2 Å². The SMILES string of the molecule is CC(C)n1c(=O)n(-c2ccc(C#Cc3cccnc3)cc2Cl)c(=O)c2nccnc21.Cc1csc2c(=O)n(-c3c(F)cc(C#Cc4cccnc4)cc3F)c(=O)n(C)c12. The van der Waals surface area contributed by atoms with Crippen molar-refractivity contribution in [2.45, 2.75) is 26.8 Å². The smallest absolute Gasteiger partial charge is 0.295 e. The van der Waals surface area contributed by atoms with Crippen LogP contribution in [0.3, 0.4) is 0 Å². The summed E-state index contributed by atoms with van der Waals surface area (Å²) in [6.07, 6.45) is 9.31. The van der Waals surface area contributed by atoms with Crippen LogP contribution in [0.1, 0.15) is 47.7 Å². The Morgan fingerprint density at radius 2 is 1.34 bits per heavy atom. The molecule has 0 saturated carbocycles. The summed E-state index contributed by atoms with van der Waals surface area (Å²) in [5, 5.41) is 1.95. The first-order valence-electron chi connectivity index (χ1n) is 17.7. The van der Waals surface area contributed by atoms with Gasteiger partial charge in [0.25, 0.3) is 11.1 Å². The number of aryl methyl sites for hydroxylation is 2. The van der Waals surface area contributed by atoms with Crippen LogP contribution in [-0.2, 0) is 7.05 Å². The zero-order valence-electron chi connectivity index (χ0n) is 31.6. The van der Waals surface area contributed by atoms with Crippen molar-refractivity contribution in [1.82, 2.24) is 38.2 Å². The zero-order chi connectivity index (χ0) is 42.0. The lowest BCUT2D eigenvalue weighted by Crippen LogP contribution is -2.40. The number of hydrogen-bond acceptors (Lipinski definition) is 9. The van der Waals surface area contributed by atoms with E-state index in [-0.39, 0.29) is 38.2 Å². The molecule has 0 fully saturated rings.